The topological polar surface area (TPSA) is 73.8 Å². The molecule has 3 N–H and O–H groups in total. The van der Waals surface area contributed by atoms with Crippen LogP contribution in [-0.2, 0) is 6.54 Å². The van der Waals surface area contributed by atoms with Crippen molar-refractivity contribution in [1.82, 2.24) is 20.5 Å². The van der Waals surface area contributed by atoms with Crippen LogP contribution in [-0.4, -0.2) is 32.4 Å². The molecule has 0 spiro atoms. The van der Waals surface area contributed by atoms with Gasteiger partial charge >= 0.3 is 0 Å². The van der Waals surface area contributed by atoms with E-state index in [0.717, 1.165) is 23.2 Å². The number of nitrogens with zero attached hydrogens (tertiary/aromatic N) is 2. The van der Waals surface area contributed by atoms with E-state index >= 15 is 0 Å². The van der Waals surface area contributed by atoms with Gasteiger partial charge < -0.3 is 10.4 Å². The molecule has 2 atom stereocenters. The maximum absolute atomic E-state index is 9.35. The van der Waals surface area contributed by atoms with Crippen LogP contribution in [0.2, 0.25) is 0 Å². The number of rotatable bonds is 6. The van der Waals surface area contributed by atoms with Gasteiger partial charge in [0.25, 0.3) is 0 Å². The van der Waals surface area contributed by atoms with E-state index in [1.165, 1.54) is 0 Å². The van der Waals surface area contributed by atoms with Crippen molar-refractivity contribution < 1.29 is 5.11 Å². The Kier molecular flexibility index (Phi) is 4.65. The summed E-state index contributed by atoms with van der Waals surface area (Å²) < 4.78 is 0. The molecular weight excluding hydrogens is 240 g/mol. The Balaban J connectivity index is 2.01. The van der Waals surface area contributed by atoms with Crippen molar-refractivity contribution in [2.45, 2.75) is 39.0 Å². The van der Waals surface area contributed by atoms with Gasteiger partial charge in [0.15, 0.2) is 0 Å². The smallest absolute Gasteiger partial charge is 0.0710 e. The highest BCUT2D eigenvalue weighted by molar-refractivity contribution is 5.61. The summed E-state index contributed by atoms with van der Waals surface area (Å²) >= 11 is 0. The molecule has 19 heavy (non-hydrogen) atoms. The average molecular weight is 260 g/mol. The van der Waals surface area contributed by atoms with E-state index < -0.39 is 0 Å². The fraction of sp³-hybridized carbons (Fsp3) is 0.429. The normalized spacial score (nSPS) is 14.3. The van der Waals surface area contributed by atoms with E-state index in [2.05, 4.69) is 27.4 Å². The number of H-pyrrole nitrogens is 1. The highest BCUT2D eigenvalue weighted by Gasteiger charge is 2.10. The summed E-state index contributed by atoms with van der Waals surface area (Å²) in [6.45, 7) is 4.59. The Morgan fingerprint density at radius 2 is 2.21 bits per heavy atom. The SMILES string of the molecule is CC(O)CC(C)NCc1cn[nH]c1-c1cccnc1. The van der Waals surface area contributed by atoms with Crippen LogP contribution in [0.1, 0.15) is 25.8 Å². The standard InChI is InChI=1S/C14H20N4O/c1-10(6-11(2)19)16-8-13-9-17-18-14(13)12-4-3-5-15-7-12/h3-5,7,9-11,16,19H,6,8H2,1-2H3,(H,17,18). The number of aromatic nitrogens is 3. The van der Waals surface area contributed by atoms with Crippen LogP contribution in [0.25, 0.3) is 11.3 Å². The molecule has 0 aliphatic heterocycles. The minimum absolute atomic E-state index is 0.261. The minimum atomic E-state index is -0.287. The number of hydrogen-bond donors (Lipinski definition) is 3. The van der Waals surface area contributed by atoms with Crippen LogP contribution < -0.4 is 5.32 Å². The first-order valence-electron chi connectivity index (χ1n) is 6.51. The molecule has 102 valence electrons. The van der Waals surface area contributed by atoms with E-state index in [1.54, 1.807) is 13.1 Å². The van der Waals surface area contributed by atoms with E-state index in [-0.39, 0.29) is 12.1 Å². The molecule has 2 unspecified atom stereocenters. The molecule has 0 aromatic carbocycles. The molecule has 5 nitrogen and oxygen atoms in total. The quantitative estimate of drug-likeness (QED) is 0.739. The van der Waals surface area contributed by atoms with Crippen LogP contribution in [0.5, 0.6) is 0 Å². The van der Waals surface area contributed by atoms with Gasteiger partial charge in [-0.25, -0.2) is 0 Å². The number of aromatic amines is 1. The summed E-state index contributed by atoms with van der Waals surface area (Å²) in [5, 5.41) is 19.8. The molecule has 0 saturated carbocycles. The predicted octanol–water partition coefficient (Wildman–Crippen LogP) is 1.72. The summed E-state index contributed by atoms with van der Waals surface area (Å²) in [7, 11) is 0. The van der Waals surface area contributed by atoms with Gasteiger partial charge in [0.05, 0.1) is 18.0 Å². The van der Waals surface area contributed by atoms with Gasteiger partial charge in [0, 0.05) is 36.1 Å². The zero-order chi connectivity index (χ0) is 13.7. The van der Waals surface area contributed by atoms with Crippen LogP contribution in [0.15, 0.2) is 30.7 Å². The van der Waals surface area contributed by atoms with Crippen molar-refractivity contribution in [3.8, 4) is 11.3 Å². The lowest BCUT2D eigenvalue weighted by Gasteiger charge is -2.15. The van der Waals surface area contributed by atoms with Gasteiger partial charge in [-0.1, -0.05) is 0 Å². The van der Waals surface area contributed by atoms with Crippen molar-refractivity contribution >= 4 is 0 Å². The minimum Gasteiger partial charge on any atom is -0.393 e. The second kappa shape index (κ2) is 6.45. The molecule has 0 bridgehead atoms. The van der Waals surface area contributed by atoms with Gasteiger partial charge in [-0.05, 0) is 32.4 Å². The third kappa shape index (κ3) is 3.87. The molecule has 0 radical (unpaired) electrons. The molecule has 2 rings (SSSR count). The number of hydrogen-bond acceptors (Lipinski definition) is 4. The lowest BCUT2D eigenvalue weighted by molar-refractivity contribution is 0.170. The fourth-order valence-electron chi connectivity index (χ4n) is 2.08. The fourth-order valence-corrected chi connectivity index (χ4v) is 2.08. The summed E-state index contributed by atoms with van der Waals surface area (Å²) in [5.74, 6) is 0. The maximum Gasteiger partial charge on any atom is 0.0710 e. The zero-order valence-electron chi connectivity index (χ0n) is 11.3. The van der Waals surface area contributed by atoms with E-state index in [0.29, 0.717) is 6.54 Å². The molecule has 2 heterocycles. The van der Waals surface area contributed by atoms with Crippen molar-refractivity contribution in [2.75, 3.05) is 0 Å². The molecule has 0 amide bonds. The average Bonchev–Trinajstić information content (AvgIpc) is 2.85. The van der Waals surface area contributed by atoms with Gasteiger partial charge in [0.1, 0.15) is 0 Å². The van der Waals surface area contributed by atoms with E-state index in [1.807, 2.05) is 24.5 Å². The first kappa shape index (κ1) is 13.7. The number of aliphatic hydroxyl groups is 1. The van der Waals surface area contributed by atoms with Crippen LogP contribution >= 0.6 is 0 Å². The third-order valence-electron chi connectivity index (χ3n) is 3.00. The van der Waals surface area contributed by atoms with Gasteiger partial charge in [-0.2, -0.15) is 5.10 Å². The summed E-state index contributed by atoms with van der Waals surface area (Å²) in [4.78, 5) is 4.12. The van der Waals surface area contributed by atoms with Gasteiger partial charge in [0.2, 0.25) is 0 Å². The predicted molar refractivity (Wildman–Crippen MR) is 74.4 cm³/mol. The first-order chi connectivity index (χ1) is 9.16. The van der Waals surface area contributed by atoms with Crippen molar-refractivity contribution in [3.05, 3.63) is 36.3 Å². The molecular formula is C14H20N4O. The van der Waals surface area contributed by atoms with Crippen LogP contribution in [0.4, 0.5) is 0 Å². The lowest BCUT2D eigenvalue weighted by Crippen LogP contribution is -2.28. The van der Waals surface area contributed by atoms with Crippen LogP contribution in [0.3, 0.4) is 0 Å². The molecule has 2 aromatic rings. The number of nitrogens with one attached hydrogen (secondary N) is 2. The summed E-state index contributed by atoms with van der Waals surface area (Å²) in [5.41, 5.74) is 3.12. The van der Waals surface area contributed by atoms with E-state index in [9.17, 15) is 5.11 Å². The van der Waals surface area contributed by atoms with Crippen molar-refractivity contribution in [1.29, 1.82) is 0 Å². The first-order valence-corrected chi connectivity index (χ1v) is 6.51. The van der Waals surface area contributed by atoms with Gasteiger partial charge in [-0.3, -0.25) is 10.1 Å². The molecule has 0 saturated heterocycles. The molecule has 0 fully saturated rings. The Bertz CT molecular complexity index is 495. The van der Waals surface area contributed by atoms with Crippen molar-refractivity contribution in [2.24, 2.45) is 0 Å². The second-order valence-electron chi connectivity index (χ2n) is 4.88. The summed E-state index contributed by atoms with van der Waals surface area (Å²) in [6, 6.07) is 4.17. The zero-order valence-corrected chi connectivity index (χ0v) is 11.3. The van der Waals surface area contributed by atoms with Crippen molar-refractivity contribution in [3.63, 3.8) is 0 Å². The molecule has 0 aliphatic rings. The number of pyridine rings is 1. The third-order valence-corrected chi connectivity index (χ3v) is 3.00. The number of aliphatic hydroxyl groups excluding tert-OH is 1. The largest absolute Gasteiger partial charge is 0.393 e. The highest BCUT2D eigenvalue weighted by atomic mass is 16.3. The Morgan fingerprint density at radius 1 is 1.37 bits per heavy atom. The molecule has 0 aliphatic carbocycles. The van der Waals surface area contributed by atoms with Crippen LogP contribution in [0, 0.1) is 0 Å². The Hall–Kier alpha value is -1.72. The van der Waals surface area contributed by atoms with E-state index in [4.69, 9.17) is 0 Å². The Labute approximate surface area is 113 Å². The maximum atomic E-state index is 9.35. The highest BCUT2D eigenvalue weighted by Crippen LogP contribution is 2.19. The summed E-state index contributed by atoms with van der Waals surface area (Å²) in [6.07, 6.45) is 5.84. The lowest BCUT2D eigenvalue weighted by atomic mass is 10.1. The molecule has 5 heteroatoms. The monoisotopic (exact) mass is 260 g/mol. The second-order valence-corrected chi connectivity index (χ2v) is 4.88. The van der Waals surface area contributed by atoms with Gasteiger partial charge in [-0.15, -0.1) is 0 Å². The Morgan fingerprint density at radius 3 is 2.89 bits per heavy atom. The molecule has 2 aromatic heterocycles.